The lowest BCUT2D eigenvalue weighted by molar-refractivity contribution is -0.137. The zero-order chi connectivity index (χ0) is 18.2. The molecule has 0 aliphatic carbocycles. The topological polar surface area (TPSA) is 85.1 Å². The van der Waals surface area contributed by atoms with Gasteiger partial charge in [0.2, 0.25) is 5.91 Å². The molecule has 0 radical (unpaired) electrons. The number of carbonyl (C=O) groups excluding carboxylic acids is 1. The number of hydrogen-bond donors (Lipinski definition) is 1. The van der Waals surface area contributed by atoms with Crippen LogP contribution in [0.5, 0.6) is 0 Å². The van der Waals surface area contributed by atoms with Gasteiger partial charge in [-0.15, -0.1) is 10.2 Å². The van der Waals surface area contributed by atoms with Crippen molar-refractivity contribution in [3.63, 3.8) is 0 Å². The number of nitrogens with two attached hydrogens (primary N) is 1. The predicted molar refractivity (Wildman–Crippen MR) is 84.1 cm³/mol. The molecule has 3 aromatic rings. The molecule has 9 heteroatoms. The Bertz CT molecular complexity index is 974. The van der Waals surface area contributed by atoms with Crippen LogP contribution in [0.15, 0.2) is 52.8 Å². The maximum absolute atomic E-state index is 12.9. The van der Waals surface area contributed by atoms with Crippen LogP contribution in [0.2, 0.25) is 0 Å². The number of pyridine rings is 1. The van der Waals surface area contributed by atoms with Crippen LogP contribution in [0.3, 0.4) is 0 Å². The second-order valence-electron chi connectivity index (χ2n) is 5.28. The highest BCUT2D eigenvalue weighted by Crippen LogP contribution is 2.31. The Morgan fingerprint density at radius 2 is 1.80 bits per heavy atom. The number of imidazole rings is 1. The number of hydrogen-bond acceptors (Lipinski definition) is 4. The van der Waals surface area contributed by atoms with Gasteiger partial charge in [0.25, 0.3) is 0 Å². The van der Waals surface area contributed by atoms with E-state index < -0.39 is 17.6 Å². The molecule has 0 spiro atoms. The summed E-state index contributed by atoms with van der Waals surface area (Å²) in [6, 6.07) is 8.27. The molecular formula is C16H12F3N5O. The van der Waals surface area contributed by atoms with Gasteiger partial charge in [0, 0.05) is 11.8 Å². The molecule has 25 heavy (non-hydrogen) atoms. The van der Waals surface area contributed by atoms with Gasteiger partial charge in [-0.3, -0.25) is 9.20 Å². The minimum Gasteiger partial charge on any atom is -0.366 e. The third-order valence-corrected chi connectivity index (χ3v) is 3.50. The molecule has 0 bridgehead atoms. The van der Waals surface area contributed by atoms with Gasteiger partial charge in [0.1, 0.15) is 5.65 Å². The third-order valence-electron chi connectivity index (χ3n) is 3.50. The third kappa shape index (κ3) is 3.35. The van der Waals surface area contributed by atoms with Crippen molar-refractivity contribution in [3.8, 4) is 0 Å². The Kier molecular flexibility index (Phi) is 3.99. The van der Waals surface area contributed by atoms with E-state index in [-0.39, 0.29) is 5.82 Å². The molecule has 1 amide bonds. The molecule has 0 saturated carbocycles. The smallest absolute Gasteiger partial charge is 0.366 e. The largest absolute Gasteiger partial charge is 0.417 e. The number of nitrogens with zero attached hydrogens (tertiary/aromatic N) is 4. The normalized spacial score (nSPS) is 12.2. The van der Waals surface area contributed by atoms with Gasteiger partial charge in [-0.1, -0.05) is 0 Å². The first-order valence-corrected chi connectivity index (χ1v) is 7.13. The van der Waals surface area contributed by atoms with Crippen LogP contribution in [0, 0.1) is 6.92 Å². The summed E-state index contributed by atoms with van der Waals surface area (Å²) in [6.07, 6.45) is -3.54. The van der Waals surface area contributed by atoms with E-state index in [9.17, 15) is 18.0 Å². The number of benzene rings is 1. The molecule has 0 atom stereocenters. The summed E-state index contributed by atoms with van der Waals surface area (Å²) in [5, 5.41) is 7.99. The SMILES string of the molecule is Cc1nc2ccc(C(F)(F)F)cn2c1N=Nc1ccc(C(N)=O)cc1. The summed E-state index contributed by atoms with van der Waals surface area (Å²) >= 11 is 0. The lowest BCUT2D eigenvalue weighted by Crippen LogP contribution is -2.10. The van der Waals surface area contributed by atoms with Crippen LogP contribution in [0.4, 0.5) is 24.7 Å². The van der Waals surface area contributed by atoms with Gasteiger partial charge in [0.05, 0.1) is 16.9 Å². The number of alkyl halides is 3. The van der Waals surface area contributed by atoms with Crippen LogP contribution < -0.4 is 5.73 Å². The monoisotopic (exact) mass is 347 g/mol. The fourth-order valence-electron chi connectivity index (χ4n) is 2.24. The Hall–Kier alpha value is -3.23. The first kappa shape index (κ1) is 16.6. The summed E-state index contributed by atoms with van der Waals surface area (Å²) in [6.45, 7) is 1.63. The average molecular weight is 347 g/mol. The highest BCUT2D eigenvalue weighted by molar-refractivity contribution is 5.92. The molecule has 0 unspecified atom stereocenters. The van der Waals surface area contributed by atoms with Crippen molar-refractivity contribution < 1.29 is 18.0 Å². The van der Waals surface area contributed by atoms with Crippen molar-refractivity contribution in [2.45, 2.75) is 13.1 Å². The number of primary amides is 1. The van der Waals surface area contributed by atoms with Gasteiger partial charge in [-0.25, -0.2) is 4.98 Å². The number of rotatable bonds is 3. The maximum atomic E-state index is 12.9. The number of azo groups is 1. The van der Waals surface area contributed by atoms with Gasteiger partial charge < -0.3 is 5.73 Å². The van der Waals surface area contributed by atoms with Crippen LogP contribution in [0.25, 0.3) is 5.65 Å². The van der Waals surface area contributed by atoms with Crippen molar-refractivity contribution in [2.75, 3.05) is 0 Å². The van der Waals surface area contributed by atoms with E-state index in [1.165, 1.54) is 34.7 Å². The Balaban J connectivity index is 2.00. The first-order chi connectivity index (χ1) is 11.8. The van der Waals surface area contributed by atoms with Crippen LogP contribution in [0.1, 0.15) is 21.6 Å². The molecule has 0 aliphatic heterocycles. The lowest BCUT2D eigenvalue weighted by Gasteiger charge is -2.06. The van der Waals surface area contributed by atoms with Crippen LogP contribution in [-0.4, -0.2) is 15.3 Å². The molecular weight excluding hydrogens is 335 g/mol. The number of halogens is 3. The summed E-state index contributed by atoms with van der Waals surface area (Å²) in [5.41, 5.74) is 5.86. The minimum atomic E-state index is -4.47. The van der Waals surface area contributed by atoms with E-state index in [1.54, 1.807) is 6.92 Å². The molecule has 2 heterocycles. The highest BCUT2D eigenvalue weighted by atomic mass is 19.4. The van der Waals surface area contributed by atoms with Crippen LogP contribution >= 0.6 is 0 Å². The fraction of sp³-hybridized carbons (Fsp3) is 0.125. The fourth-order valence-corrected chi connectivity index (χ4v) is 2.24. The van der Waals surface area contributed by atoms with E-state index >= 15 is 0 Å². The minimum absolute atomic E-state index is 0.195. The summed E-state index contributed by atoms with van der Waals surface area (Å²) in [5.74, 6) is -0.374. The molecule has 0 saturated heterocycles. The summed E-state index contributed by atoms with van der Waals surface area (Å²) < 4.78 is 39.9. The molecule has 6 nitrogen and oxygen atoms in total. The van der Waals surface area contributed by atoms with E-state index in [2.05, 4.69) is 15.2 Å². The second kappa shape index (κ2) is 6.00. The van der Waals surface area contributed by atoms with Gasteiger partial charge >= 0.3 is 6.18 Å². The van der Waals surface area contributed by atoms with E-state index in [0.29, 0.717) is 22.6 Å². The molecule has 2 N–H and O–H groups in total. The number of fused-ring (bicyclic) bond motifs is 1. The average Bonchev–Trinajstić information content (AvgIpc) is 2.87. The van der Waals surface area contributed by atoms with Crippen molar-refractivity contribution in [3.05, 3.63) is 59.4 Å². The first-order valence-electron chi connectivity index (χ1n) is 7.13. The van der Waals surface area contributed by atoms with Crippen molar-refractivity contribution >= 4 is 23.1 Å². The molecule has 0 fully saturated rings. The molecule has 2 aromatic heterocycles. The lowest BCUT2D eigenvalue weighted by atomic mass is 10.2. The van der Waals surface area contributed by atoms with Crippen molar-refractivity contribution in [1.82, 2.24) is 9.38 Å². The standard InChI is InChI=1S/C16H12F3N5O/c1-9-15(23-22-12-5-2-10(3-6-12)14(20)25)24-8-11(16(17,18)19)4-7-13(24)21-9/h2-8H,1H3,(H2,20,25). The van der Waals surface area contributed by atoms with Gasteiger partial charge in [0.15, 0.2) is 5.82 Å². The Labute approximate surface area is 139 Å². The highest BCUT2D eigenvalue weighted by Gasteiger charge is 2.31. The molecule has 128 valence electrons. The zero-order valence-corrected chi connectivity index (χ0v) is 12.9. The Morgan fingerprint density at radius 1 is 1.12 bits per heavy atom. The van der Waals surface area contributed by atoms with Crippen LogP contribution in [-0.2, 0) is 6.18 Å². The maximum Gasteiger partial charge on any atom is 0.417 e. The quantitative estimate of drug-likeness (QED) is 0.721. The molecule has 1 aromatic carbocycles. The summed E-state index contributed by atoms with van der Waals surface area (Å²) in [4.78, 5) is 15.2. The number of carbonyl (C=O) groups is 1. The second-order valence-corrected chi connectivity index (χ2v) is 5.28. The van der Waals surface area contributed by atoms with Gasteiger partial charge in [-0.05, 0) is 43.3 Å². The van der Waals surface area contributed by atoms with Gasteiger partial charge in [-0.2, -0.15) is 13.2 Å². The molecule has 3 rings (SSSR count). The number of aromatic nitrogens is 2. The van der Waals surface area contributed by atoms with E-state index in [4.69, 9.17) is 5.73 Å². The zero-order valence-electron chi connectivity index (χ0n) is 12.9. The number of aryl methyl sites for hydroxylation is 1. The van der Waals surface area contributed by atoms with E-state index in [0.717, 1.165) is 12.3 Å². The van der Waals surface area contributed by atoms with Crippen molar-refractivity contribution in [1.29, 1.82) is 0 Å². The van der Waals surface area contributed by atoms with E-state index in [1.807, 2.05) is 0 Å². The van der Waals surface area contributed by atoms with Crippen molar-refractivity contribution in [2.24, 2.45) is 16.0 Å². The Morgan fingerprint density at radius 3 is 2.40 bits per heavy atom. The predicted octanol–water partition coefficient (Wildman–Crippen LogP) is 4.18. The molecule has 0 aliphatic rings. The summed E-state index contributed by atoms with van der Waals surface area (Å²) in [7, 11) is 0. The number of amides is 1.